The number of benzene rings is 3. The van der Waals surface area contributed by atoms with Gasteiger partial charge in [0.25, 0.3) is 5.91 Å². The highest BCUT2D eigenvalue weighted by atomic mass is 32.2. The molecule has 0 atom stereocenters. The first-order chi connectivity index (χ1) is 16.5. The van der Waals surface area contributed by atoms with Gasteiger partial charge in [0.15, 0.2) is 0 Å². The quantitative estimate of drug-likeness (QED) is 0.537. The lowest BCUT2D eigenvalue weighted by atomic mass is 10.2. The van der Waals surface area contributed by atoms with Crippen LogP contribution >= 0.6 is 0 Å². The Morgan fingerprint density at radius 1 is 0.882 bits per heavy atom. The first kappa shape index (κ1) is 23.9. The number of carbonyl (C=O) groups is 1. The second-order valence-electron chi connectivity index (χ2n) is 8.22. The standard InChI is InChI=1S/C26H29N3O4S/c1-33-24-12-10-21(11-13-24)19-27-26(30)23-8-5-9-25(18-23)34(31,32)29-16-14-28(15-17-29)20-22-6-3-2-4-7-22/h2-13,18H,14-17,19-20H2,1H3,(H,27,30). The van der Waals surface area contributed by atoms with E-state index in [0.717, 1.165) is 17.9 Å². The largest absolute Gasteiger partial charge is 0.497 e. The molecule has 1 aliphatic rings. The predicted molar refractivity (Wildman–Crippen MR) is 131 cm³/mol. The van der Waals surface area contributed by atoms with Crippen LogP contribution in [0.25, 0.3) is 0 Å². The van der Waals surface area contributed by atoms with Crippen molar-refractivity contribution in [2.75, 3.05) is 33.3 Å². The summed E-state index contributed by atoms with van der Waals surface area (Å²) >= 11 is 0. The lowest BCUT2D eigenvalue weighted by Crippen LogP contribution is -2.48. The zero-order valence-corrected chi connectivity index (χ0v) is 20.0. The van der Waals surface area contributed by atoms with Gasteiger partial charge in [0.05, 0.1) is 12.0 Å². The number of nitrogens with zero attached hydrogens (tertiary/aromatic N) is 2. The predicted octanol–water partition coefficient (Wildman–Crippen LogP) is 3.13. The summed E-state index contributed by atoms with van der Waals surface area (Å²) in [5.41, 5.74) is 2.45. The molecule has 178 valence electrons. The molecule has 0 aliphatic carbocycles. The van der Waals surface area contributed by atoms with Gasteiger partial charge in [0.2, 0.25) is 10.0 Å². The highest BCUT2D eigenvalue weighted by Gasteiger charge is 2.29. The van der Waals surface area contributed by atoms with Crippen LogP contribution < -0.4 is 10.1 Å². The minimum Gasteiger partial charge on any atom is -0.497 e. The van der Waals surface area contributed by atoms with Gasteiger partial charge in [-0.3, -0.25) is 9.69 Å². The molecule has 1 aliphatic heterocycles. The van der Waals surface area contributed by atoms with Gasteiger partial charge in [-0.1, -0.05) is 48.5 Å². The fraction of sp³-hybridized carbons (Fsp3) is 0.269. The third-order valence-electron chi connectivity index (χ3n) is 5.93. The van der Waals surface area contributed by atoms with Gasteiger partial charge in [-0.05, 0) is 41.5 Å². The lowest BCUT2D eigenvalue weighted by molar-refractivity contribution is 0.0950. The van der Waals surface area contributed by atoms with E-state index in [2.05, 4.69) is 22.3 Å². The number of hydrogen-bond acceptors (Lipinski definition) is 5. The maximum atomic E-state index is 13.2. The zero-order chi connectivity index (χ0) is 24.0. The number of amides is 1. The third kappa shape index (κ3) is 5.83. The Kier molecular flexibility index (Phi) is 7.62. The summed E-state index contributed by atoms with van der Waals surface area (Å²) in [5, 5.41) is 2.85. The first-order valence-electron chi connectivity index (χ1n) is 11.2. The SMILES string of the molecule is COc1ccc(CNC(=O)c2cccc(S(=O)(=O)N3CCN(Cc4ccccc4)CC3)c2)cc1. The number of nitrogens with one attached hydrogen (secondary N) is 1. The molecule has 34 heavy (non-hydrogen) atoms. The third-order valence-corrected chi connectivity index (χ3v) is 7.82. The molecular weight excluding hydrogens is 450 g/mol. The van der Waals surface area contributed by atoms with Gasteiger partial charge in [-0.15, -0.1) is 0 Å². The minimum atomic E-state index is -3.68. The zero-order valence-electron chi connectivity index (χ0n) is 19.2. The Bertz CT molecular complexity index is 1210. The monoisotopic (exact) mass is 479 g/mol. The van der Waals surface area contributed by atoms with E-state index >= 15 is 0 Å². The van der Waals surface area contributed by atoms with E-state index in [1.807, 2.05) is 42.5 Å². The molecule has 1 saturated heterocycles. The topological polar surface area (TPSA) is 78.9 Å². The fourth-order valence-electron chi connectivity index (χ4n) is 3.94. The first-order valence-corrected chi connectivity index (χ1v) is 12.7. The Morgan fingerprint density at radius 2 is 1.59 bits per heavy atom. The lowest BCUT2D eigenvalue weighted by Gasteiger charge is -2.34. The van der Waals surface area contributed by atoms with Crippen molar-refractivity contribution in [2.24, 2.45) is 0 Å². The summed E-state index contributed by atoms with van der Waals surface area (Å²) < 4.78 is 33.1. The second kappa shape index (κ2) is 10.8. The van der Waals surface area contributed by atoms with Gasteiger partial charge in [-0.2, -0.15) is 4.31 Å². The van der Waals surface area contributed by atoms with Gasteiger partial charge in [0, 0.05) is 44.8 Å². The highest BCUT2D eigenvalue weighted by Crippen LogP contribution is 2.20. The molecule has 1 amide bonds. The van der Waals surface area contributed by atoms with Crippen molar-refractivity contribution in [3.63, 3.8) is 0 Å². The molecule has 0 saturated carbocycles. The molecule has 4 rings (SSSR count). The number of methoxy groups -OCH3 is 1. The summed E-state index contributed by atoms with van der Waals surface area (Å²) in [6.45, 7) is 3.31. The van der Waals surface area contributed by atoms with Crippen molar-refractivity contribution in [1.29, 1.82) is 0 Å². The van der Waals surface area contributed by atoms with Crippen LogP contribution in [0.4, 0.5) is 0 Å². The van der Waals surface area contributed by atoms with Crippen LogP contribution in [-0.4, -0.2) is 56.8 Å². The average molecular weight is 480 g/mol. The van der Waals surface area contributed by atoms with Gasteiger partial charge in [-0.25, -0.2) is 8.42 Å². The Labute approximate surface area is 201 Å². The highest BCUT2D eigenvalue weighted by molar-refractivity contribution is 7.89. The molecule has 0 bridgehead atoms. The molecular formula is C26H29N3O4S. The van der Waals surface area contributed by atoms with E-state index in [4.69, 9.17) is 4.74 Å². The Morgan fingerprint density at radius 3 is 2.26 bits per heavy atom. The van der Waals surface area contributed by atoms with Gasteiger partial charge in [0.1, 0.15) is 5.75 Å². The van der Waals surface area contributed by atoms with Gasteiger partial charge < -0.3 is 10.1 Å². The van der Waals surface area contributed by atoms with E-state index in [1.165, 1.54) is 15.9 Å². The van der Waals surface area contributed by atoms with Crippen LogP contribution in [0.15, 0.2) is 83.8 Å². The molecule has 3 aromatic carbocycles. The van der Waals surface area contributed by atoms with Crippen molar-refractivity contribution in [3.8, 4) is 5.75 Å². The normalized spacial score (nSPS) is 15.1. The molecule has 3 aromatic rings. The molecule has 1 heterocycles. The summed E-state index contributed by atoms with van der Waals surface area (Å²) in [6, 6.07) is 23.8. The van der Waals surface area contributed by atoms with Crippen LogP contribution in [0.1, 0.15) is 21.5 Å². The molecule has 8 heteroatoms. The molecule has 0 radical (unpaired) electrons. The molecule has 1 fully saturated rings. The Hall–Kier alpha value is -3.20. The smallest absolute Gasteiger partial charge is 0.251 e. The summed E-state index contributed by atoms with van der Waals surface area (Å²) in [4.78, 5) is 15.1. The molecule has 0 unspecified atom stereocenters. The maximum Gasteiger partial charge on any atom is 0.251 e. The van der Waals surface area contributed by atoms with E-state index < -0.39 is 10.0 Å². The Balaban J connectivity index is 1.36. The van der Waals surface area contributed by atoms with E-state index in [1.54, 1.807) is 25.3 Å². The van der Waals surface area contributed by atoms with Crippen LogP contribution in [0.2, 0.25) is 0 Å². The second-order valence-corrected chi connectivity index (χ2v) is 10.2. The molecule has 0 spiro atoms. The van der Waals surface area contributed by atoms with Gasteiger partial charge >= 0.3 is 0 Å². The van der Waals surface area contributed by atoms with E-state index in [-0.39, 0.29) is 10.8 Å². The molecule has 1 N–H and O–H groups in total. The van der Waals surface area contributed by atoms with Crippen LogP contribution in [0.5, 0.6) is 5.75 Å². The molecule has 7 nitrogen and oxygen atoms in total. The van der Waals surface area contributed by atoms with Crippen molar-refractivity contribution in [3.05, 3.63) is 95.6 Å². The number of sulfonamides is 1. The number of ether oxygens (including phenoxy) is 1. The van der Waals surface area contributed by atoms with Crippen LogP contribution in [0.3, 0.4) is 0 Å². The number of rotatable bonds is 8. The number of hydrogen-bond donors (Lipinski definition) is 1. The average Bonchev–Trinajstić information content (AvgIpc) is 2.88. The van der Waals surface area contributed by atoms with E-state index in [0.29, 0.717) is 38.3 Å². The number of piperazine rings is 1. The maximum absolute atomic E-state index is 13.2. The van der Waals surface area contributed by atoms with Crippen molar-refractivity contribution in [1.82, 2.24) is 14.5 Å². The van der Waals surface area contributed by atoms with Crippen molar-refractivity contribution >= 4 is 15.9 Å². The van der Waals surface area contributed by atoms with Crippen molar-refractivity contribution in [2.45, 2.75) is 18.0 Å². The summed E-state index contributed by atoms with van der Waals surface area (Å²) in [7, 11) is -2.08. The fourth-order valence-corrected chi connectivity index (χ4v) is 5.41. The van der Waals surface area contributed by atoms with Crippen molar-refractivity contribution < 1.29 is 17.9 Å². The van der Waals surface area contributed by atoms with Crippen LogP contribution in [-0.2, 0) is 23.1 Å². The number of carbonyl (C=O) groups excluding carboxylic acids is 1. The molecule has 0 aromatic heterocycles. The van der Waals surface area contributed by atoms with Crippen LogP contribution in [0, 0.1) is 0 Å². The van der Waals surface area contributed by atoms with E-state index in [9.17, 15) is 13.2 Å². The minimum absolute atomic E-state index is 0.140. The summed E-state index contributed by atoms with van der Waals surface area (Å²) in [5.74, 6) is 0.425. The summed E-state index contributed by atoms with van der Waals surface area (Å²) in [6.07, 6.45) is 0.